The quantitative estimate of drug-likeness (QED) is 0.669. The Kier molecular flexibility index (Phi) is 3.67. The molecule has 0 saturated carbocycles. The van der Waals surface area contributed by atoms with Gasteiger partial charge in [0, 0.05) is 13.1 Å². The maximum atomic E-state index is 11.8. The standard InChI is InChI=1S/C10H18N2O2S/c1-7(8(11)15)9(13)12-5-3-10(2,14)4-6-12/h7,14H,3-6H2,1-2H3,(H2,11,15). The molecule has 1 unspecified atom stereocenters. The fourth-order valence-electron chi connectivity index (χ4n) is 1.60. The van der Waals surface area contributed by atoms with Crippen LogP contribution in [0.5, 0.6) is 0 Å². The van der Waals surface area contributed by atoms with E-state index in [1.54, 1.807) is 18.7 Å². The second kappa shape index (κ2) is 4.45. The van der Waals surface area contributed by atoms with Gasteiger partial charge in [-0.05, 0) is 26.7 Å². The summed E-state index contributed by atoms with van der Waals surface area (Å²) in [6.07, 6.45) is 1.23. The lowest BCUT2D eigenvalue weighted by molar-refractivity contribution is -0.136. The van der Waals surface area contributed by atoms with Gasteiger partial charge in [0.1, 0.15) is 0 Å². The van der Waals surface area contributed by atoms with Crippen molar-refractivity contribution in [2.24, 2.45) is 11.7 Å². The van der Waals surface area contributed by atoms with Crippen molar-refractivity contribution in [1.82, 2.24) is 4.90 Å². The molecule has 3 N–H and O–H groups in total. The Balaban J connectivity index is 2.54. The summed E-state index contributed by atoms with van der Waals surface area (Å²) >= 11 is 4.79. The van der Waals surface area contributed by atoms with E-state index in [9.17, 15) is 9.90 Å². The highest BCUT2D eigenvalue weighted by molar-refractivity contribution is 7.80. The van der Waals surface area contributed by atoms with Crippen LogP contribution in [0, 0.1) is 5.92 Å². The minimum atomic E-state index is -0.636. The van der Waals surface area contributed by atoms with Crippen LogP contribution in [0.2, 0.25) is 0 Å². The molecule has 1 saturated heterocycles. The van der Waals surface area contributed by atoms with Crippen molar-refractivity contribution in [1.29, 1.82) is 0 Å². The van der Waals surface area contributed by atoms with Gasteiger partial charge in [-0.15, -0.1) is 0 Å². The number of carbonyl (C=O) groups excluding carboxylic acids is 1. The number of hydrogen-bond acceptors (Lipinski definition) is 3. The lowest BCUT2D eigenvalue weighted by Gasteiger charge is -2.36. The summed E-state index contributed by atoms with van der Waals surface area (Å²) in [6.45, 7) is 4.68. The largest absolute Gasteiger partial charge is 0.393 e. The minimum Gasteiger partial charge on any atom is -0.393 e. The second-order valence-electron chi connectivity index (χ2n) is 4.45. The van der Waals surface area contributed by atoms with Crippen molar-refractivity contribution in [3.05, 3.63) is 0 Å². The Bertz CT molecular complexity index is 269. The van der Waals surface area contributed by atoms with Crippen LogP contribution in [-0.2, 0) is 4.79 Å². The van der Waals surface area contributed by atoms with Crippen molar-refractivity contribution in [2.75, 3.05) is 13.1 Å². The van der Waals surface area contributed by atoms with Crippen LogP contribution < -0.4 is 5.73 Å². The van der Waals surface area contributed by atoms with Crippen LogP contribution in [0.15, 0.2) is 0 Å². The predicted octanol–water partition coefficient (Wildman–Crippen LogP) is 0.282. The lowest BCUT2D eigenvalue weighted by atomic mass is 9.93. The molecule has 1 amide bonds. The number of carbonyl (C=O) groups is 1. The Morgan fingerprint density at radius 1 is 1.53 bits per heavy atom. The first-order chi connectivity index (χ1) is 6.83. The molecular weight excluding hydrogens is 212 g/mol. The van der Waals surface area contributed by atoms with Gasteiger partial charge in [-0.3, -0.25) is 4.79 Å². The molecule has 1 heterocycles. The highest BCUT2D eigenvalue weighted by Gasteiger charge is 2.31. The summed E-state index contributed by atoms with van der Waals surface area (Å²) in [5.41, 5.74) is 4.80. The van der Waals surface area contributed by atoms with Gasteiger partial charge in [-0.1, -0.05) is 12.2 Å². The third-order valence-electron chi connectivity index (χ3n) is 2.95. The molecule has 5 heteroatoms. The average molecular weight is 230 g/mol. The van der Waals surface area contributed by atoms with E-state index in [1.165, 1.54) is 0 Å². The third kappa shape index (κ3) is 3.14. The summed E-state index contributed by atoms with van der Waals surface area (Å²) in [4.78, 5) is 13.8. The monoisotopic (exact) mass is 230 g/mol. The molecule has 0 aromatic carbocycles. The first-order valence-electron chi connectivity index (χ1n) is 5.14. The van der Waals surface area contributed by atoms with Crippen LogP contribution >= 0.6 is 12.2 Å². The van der Waals surface area contributed by atoms with Crippen molar-refractivity contribution in [3.8, 4) is 0 Å². The van der Waals surface area contributed by atoms with Crippen LogP contribution in [0.1, 0.15) is 26.7 Å². The molecule has 1 aliphatic heterocycles. The van der Waals surface area contributed by atoms with Gasteiger partial charge in [0.15, 0.2) is 0 Å². The fraction of sp³-hybridized carbons (Fsp3) is 0.800. The number of hydrogen-bond donors (Lipinski definition) is 2. The molecule has 1 aliphatic rings. The summed E-state index contributed by atoms with van der Waals surface area (Å²) in [5, 5.41) is 9.73. The molecule has 4 nitrogen and oxygen atoms in total. The Morgan fingerprint density at radius 3 is 2.40 bits per heavy atom. The maximum Gasteiger partial charge on any atom is 0.232 e. The Hall–Kier alpha value is -0.680. The van der Waals surface area contributed by atoms with Gasteiger partial charge in [0.25, 0.3) is 0 Å². The third-order valence-corrected chi connectivity index (χ3v) is 3.30. The fourth-order valence-corrected chi connectivity index (χ4v) is 1.71. The second-order valence-corrected chi connectivity index (χ2v) is 4.92. The number of amides is 1. The molecule has 0 radical (unpaired) electrons. The SMILES string of the molecule is CC(C(=O)N1CCC(C)(O)CC1)C(N)=S. The lowest BCUT2D eigenvalue weighted by Crippen LogP contribution is -2.48. The predicted molar refractivity (Wildman–Crippen MR) is 62.4 cm³/mol. The van der Waals surface area contributed by atoms with E-state index in [1.807, 2.05) is 0 Å². The van der Waals surface area contributed by atoms with Crippen molar-refractivity contribution < 1.29 is 9.90 Å². The van der Waals surface area contributed by atoms with E-state index in [-0.39, 0.29) is 10.9 Å². The van der Waals surface area contributed by atoms with Gasteiger partial charge < -0.3 is 15.7 Å². The van der Waals surface area contributed by atoms with Crippen molar-refractivity contribution in [2.45, 2.75) is 32.3 Å². The summed E-state index contributed by atoms with van der Waals surface area (Å²) in [7, 11) is 0. The number of aliphatic hydroxyl groups is 1. The first kappa shape index (κ1) is 12.4. The van der Waals surface area contributed by atoms with Gasteiger partial charge in [0.05, 0.1) is 16.5 Å². The normalized spacial score (nSPS) is 22.2. The number of nitrogens with two attached hydrogens (primary N) is 1. The van der Waals surface area contributed by atoms with E-state index < -0.39 is 11.5 Å². The van der Waals surface area contributed by atoms with E-state index in [2.05, 4.69) is 0 Å². The molecule has 1 atom stereocenters. The summed E-state index contributed by atoms with van der Waals surface area (Å²) in [6, 6.07) is 0. The van der Waals surface area contributed by atoms with Crippen LogP contribution in [-0.4, -0.2) is 39.6 Å². The Morgan fingerprint density at radius 2 is 2.00 bits per heavy atom. The van der Waals surface area contributed by atoms with Crippen molar-refractivity contribution in [3.63, 3.8) is 0 Å². The molecular formula is C10H18N2O2S. The number of thiocarbonyl (C=S) groups is 1. The Labute approximate surface area is 95.4 Å². The number of likely N-dealkylation sites (tertiary alicyclic amines) is 1. The zero-order valence-corrected chi connectivity index (χ0v) is 10.0. The molecule has 1 rings (SSSR count). The topological polar surface area (TPSA) is 66.6 Å². The van der Waals surface area contributed by atoms with Gasteiger partial charge in [0.2, 0.25) is 5.91 Å². The molecule has 86 valence electrons. The molecule has 0 aliphatic carbocycles. The first-order valence-corrected chi connectivity index (χ1v) is 5.55. The molecule has 0 aromatic heterocycles. The molecule has 0 aromatic rings. The number of piperidine rings is 1. The smallest absolute Gasteiger partial charge is 0.232 e. The molecule has 0 spiro atoms. The number of rotatable bonds is 2. The van der Waals surface area contributed by atoms with E-state index in [4.69, 9.17) is 18.0 Å². The zero-order valence-electron chi connectivity index (χ0n) is 9.19. The van der Waals surface area contributed by atoms with Gasteiger partial charge in [-0.2, -0.15) is 0 Å². The maximum absolute atomic E-state index is 11.8. The van der Waals surface area contributed by atoms with Crippen LogP contribution in [0.3, 0.4) is 0 Å². The minimum absolute atomic E-state index is 0.0296. The van der Waals surface area contributed by atoms with Crippen LogP contribution in [0.25, 0.3) is 0 Å². The highest BCUT2D eigenvalue weighted by atomic mass is 32.1. The van der Waals surface area contributed by atoms with Gasteiger partial charge >= 0.3 is 0 Å². The number of nitrogens with zero attached hydrogens (tertiary/aromatic N) is 1. The average Bonchev–Trinajstić information content (AvgIpc) is 2.15. The van der Waals surface area contributed by atoms with E-state index >= 15 is 0 Å². The van der Waals surface area contributed by atoms with Crippen LogP contribution in [0.4, 0.5) is 0 Å². The zero-order chi connectivity index (χ0) is 11.6. The molecule has 0 bridgehead atoms. The summed E-state index contributed by atoms with van der Waals surface area (Å²) < 4.78 is 0. The molecule has 15 heavy (non-hydrogen) atoms. The van der Waals surface area contributed by atoms with E-state index in [0.29, 0.717) is 25.9 Å². The van der Waals surface area contributed by atoms with Crippen molar-refractivity contribution >= 4 is 23.1 Å². The van der Waals surface area contributed by atoms with Gasteiger partial charge in [-0.25, -0.2) is 0 Å². The van der Waals surface area contributed by atoms with E-state index in [0.717, 1.165) is 0 Å². The molecule has 1 fully saturated rings. The summed E-state index contributed by atoms with van der Waals surface area (Å²) in [5.74, 6) is -0.430. The highest BCUT2D eigenvalue weighted by Crippen LogP contribution is 2.22.